The molecule has 2 rings (SSSR count). The zero-order valence-corrected chi connectivity index (χ0v) is 11.7. The topological polar surface area (TPSA) is 110 Å². The molecule has 2 N–H and O–H groups in total. The van der Waals surface area contributed by atoms with Crippen LogP contribution in [0.15, 0.2) is 42.9 Å². The van der Waals surface area contributed by atoms with Crippen LogP contribution in [0.2, 0.25) is 0 Å². The molecule has 2 heterocycles. The number of carbonyl (C=O) groups is 1. The molecule has 0 unspecified atom stereocenters. The van der Waals surface area contributed by atoms with E-state index in [1.807, 2.05) is 12.1 Å². The molecule has 0 saturated carbocycles. The van der Waals surface area contributed by atoms with Gasteiger partial charge in [-0.2, -0.15) is 0 Å². The lowest BCUT2D eigenvalue weighted by Crippen LogP contribution is -2.25. The third-order valence-electron chi connectivity index (χ3n) is 2.83. The smallest absolute Gasteiger partial charge is 0.287 e. The van der Waals surface area contributed by atoms with Gasteiger partial charge in [-0.05, 0) is 17.7 Å². The Morgan fingerprint density at radius 2 is 2.14 bits per heavy atom. The minimum absolute atomic E-state index is 0.0697. The Morgan fingerprint density at radius 1 is 1.27 bits per heavy atom. The number of hydrogen-bond acceptors (Lipinski definition) is 6. The quantitative estimate of drug-likeness (QED) is 0.592. The van der Waals surface area contributed by atoms with Gasteiger partial charge in [-0.25, -0.2) is 4.98 Å². The van der Waals surface area contributed by atoms with E-state index in [0.717, 1.165) is 5.56 Å². The van der Waals surface area contributed by atoms with E-state index in [4.69, 9.17) is 0 Å². The molecule has 0 spiro atoms. The maximum absolute atomic E-state index is 11.7. The van der Waals surface area contributed by atoms with Crippen molar-refractivity contribution in [2.45, 2.75) is 13.0 Å². The summed E-state index contributed by atoms with van der Waals surface area (Å²) >= 11 is 0. The fourth-order valence-electron chi connectivity index (χ4n) is 1.69. The summed E-state index contributed by atoms with van der Waals surface area (Å²) in [5, 5.41) is 16.2. The van der Waals surface area contributed by atoms with Gasteiger partial charge >= 0.3 is 0 Å². The van der Waals surface area contributed by atoms with E-state index in [0.29, 0.717) is 18.9 Å². The highest BCUT2D eigenvalue weighted by atomic mass is 16.6. The van der Waals surface area contributed by atoms with Crippen LogP contribution in [0.3, 0.4) is 0 Å². The Bertz CT molecular complexity index is 631. The second-order valence-electron chi connectivity index (χ2n) is 4.47. The number of carbonyl (C=O) groups excluding carboxylic acids is 1. The standard InChI is InChI=1S/C14H15N5O3/c20-14(18-9-11-2-1-6-15-8-11)5-7-16-13-4-3-12(10-17-13)19(21)22/h1-4,6,8,10H,5,7,9H2,(H,16,17)(H,18,20). The van der Waals surface area contributed by atoms with Crippen molar-refractivity contribution in [2.75, 3.05) is 11.9 Å². The van der Waals surface area contributed by atoms with Gasteiger partial charge in [0.2, 0.25) is 5.91 Å². The molecule has 2 aromatic rings. The molecule has 0 bridgehead atoms. The minimum atomic E-state index is -0.511. The van der Waals surface area contributed by atoms with Crippen molar-refractivity contribution in [3.63, 3.8) is 0 Å². The molecular formula is C14H15N5O3. The second-order valence-corrected chi connectivity index (χ2v) is 4.47. The third-order valence-corrected chi connectivity index (χ3v) is 2.83. The average molecular weight is 301 g/mol. The van der Waals surface area contributed by atoms with Crippen LogP contribution in [0.1, 0.15) is 12.0 Å². The number of aromatic nitrogens is 2. The van der Waals surface area contributed by atoms with Crippen LogP contribution >= 0.6 is 0 Å². The normalized spacial score (nSPS) is 10.0. The van der Waals surface area contributed by atoms with Gasteiger partial charge < -0.3 is 10.6 Å². The number of anilines is 1. The maximum atomic E-state index is 11.7. The zero-order chi connectivity index (χ0) is 15.8. The highest BCUT2D eigenvalue weighted by Crippen LogP contribution is 2.11. The van der Waals surface area contributed by atoms with E-state index in [9.17, 15) is 14.9 Å². The van der Waals surface area contributed by atoms with Gasteiger partial charge in [0.25, 0.3) is 5.69 Å². The lowest BCUT2D eigenvalue weighted by Gasteiger charge is -2.06. The molecule has 22 heavy (non-hydrogen) atoms. The van der Waals surface area contributed by atoms with Crippen molar-refractivity contribution in [1.29, 1.82) is 0 Å². The first-order valence-electron chi connectivity index (χ1n) is 6.65. The Kier molecular flexibility index (Phi) is 5.36. The lowest BCUT2D eigenvalue weighted by atomic mass is 10.3. The van der Waals surface area contributed by atoms with Crippen molar-refractivity contribution in [1.82, 2.24) is 15.3 Å². The number of nitrogens with zero attached hydrogens (tertiary/aromatic N) is 3. The Labute approximate surface area is 126 Å². The Morgan fingerprint density at radius 3 is 2.77 bits per heavy atom. The summed E-state index contributed by atoms with van der Waals surface area (Å²) < 4.78 is 0. The van der Waals surface area contributed by atoms with E-state index in [-0.39, 0.29) is 18.0 Å². The van der Waals surface area contributed by atoms with Crippen LogP contribution in [0.25, 0.3) is 0 Å². The van der Waals surface area contributed by atoms with Gasteiger partial charge in [-0.1, -0.05) is 6.07 Å². The predicted molar refractivity (Wildman–Crippen MR) is 80.1 cm³/mol. The predicted octanol–water partition coefficient (Wildman–Crippen LogP) is 1.50. The molecule has 0 saturated heterocycles. The number of pyridine rings is 2. The summed E-state index contributed by atoms with van der Waals surface area (Å²) in [6.07, 6.45) is 4.81. The van der Waals surface area contributed by atoms with E-state index < -0.39 is 4.92 Å². The van der Waals surface area contributed by atoms with Gasteiger partial charge in [0.05, 0.1) is 4.92 Å². The molecule has 0 aromatic carbocycles. The molecule has 8 nitrogen and oxygen atoms in total. The van der Waals surface area contributed by atoms with E-state index in [1.54, 1.807) is 12.4 Å². The number of rotatable bonds is 7. The monoisotopic (exact) mass is 301 g/mol. The first-order chi connectivity index (χ1) is 10.6. The minimum Gasteiger partial charge on any atom is -0.370 e. The SMILES string of the molecule is O=C(CCNc1ccc([N+](=O)[O-])cn1)NCc1cccnc1. The zero-order valence-electron chi connectivity index (χ0n) is 11.7. The molecule has 0 aliphatic carbocycles. The molecule has 8 heteroatoms. The number of amides is 1. The summed E-state index contributed by atoms with van der Waals surface area (Å²) in [4.78, 5) is 29.5. The second kappa shape index (κ2) is 7.67. The number of nitro groups is 1. The largest absolute Gasteiger partial charge is 0.370 e. The van der Waals surface area contributed by atoms with Crippen molar-refractivity contribution in [2.24, 2.45) is 0 Å². The fraction of sp³-hybridized carbons (Fsp3) is 0.214. The highest BCUT2D eigenvalue weighted by Gasteiger charge is 2.05. The maximum Gasteiger partial charge on any atom is 0.287 e. The summed E-state index contributed by atoms with van der Waals surface area (Å²) in [6.45, 7) is 0.826. The first-order valence-corrected chi connectivity index (χ1v) is 6.65. The van der Waals surface area contributed by atoms with Crippen molar-refractivity contribution in [3.8, 4) is 0 Å². The first kappa shape index (κ1) is 15.4. The van der Waals surface area contributed by atoms with Crippen LogP contribution in [0.4, 0.5) is 11.5 Å². The molecule has 0 atom stereocenters. The molecule has 0 aliphatic heterocycles. The summed E-state index contributed by atoms with van der Waals surface area (Å²) in [7, 11) is 0. The van der Waals surface area contributed by atoms with Crippen LogP contribution < -0.4 is 10.6 Å². The van der Waals surface area contributed by atoms with Crippen molar-refractivity contribution in [3.05, 3.63) is 58.5 Å². The van der Waals surface area contributed by atoms with E-state index >= 15 is 0 Å². The van der Waals surface area contributed by atoms with Crippen LogP contribution in [-0.2, 0) is 11.3 Å². The van der Waals surface area contributed by atoms with Crippen LogP contribution in [0.5, 0.6) is 0 Å². The number of nitrogens with one attached hydrogen (secondary N) is 2. The molecule has 0 radical (unpaired) electrons. The van der Waals surface area contributed by atoms with Crippen molar-refractivity contribution < 1.29 is 9.72 Å². The van der Waals surface area contributed by atoms with Gasteiger partial charge in [0.1, 0.15) is 12.0 Å². The van der Waals surface area contributed by atoms with Crippen molar-refractivity contribution >= 4 is 17.4 Å². The molecule has 114 valence electrons. The third kappa shape index (κ3) is 4.82. The summed E-state index contributed by atoms with van der Waals surface area (Å²) in [6, 6.07) is 6.55. The summed E-state index contributed by atoms with van der Waals surface area (Å²) in [5.41, 5.74) is 0.862. The van der Waals surface area contributed by atoms with Gasteiger partial charge in [0.15, 0.2) is 0 Å². The molecule has 0 fully saturated rings. The fourth-order valence-corrected chi connectivity index (χ4v) is 1.69. The van der Waals surface area contributed by atoms with Crippen LogP contribution in [-0.4, -0.2) is 27.3 Å². The summed E-state index contributed by atoms with van der Waals surface area (Å²) in [5.74, 6) is 0.393. The highest BCUT2D eigenvalue weighted by molar-refractivity contribution is 5.76. The lowest BCUT2D eigenvalue weighted by molar-refractivity contribution is -0.385. The average Bonchev–Trinajstić information content (AvgIpc) is 2.54. The molecule has 0 aliphatic rings. The van der Waals surface area contributed by atoms with Gasteiger partial charge in [0, 0.05) is 38.0 Å². The van der Waals surface area contributed by atoms with E-state index in [1.165, 1.54) is 18.3 Å². The Hall–Kier alpha value is -3.03. The molecular weight excluding hydrogens is 286 g/mol. The van der Waals surface area contributed by atoms with Crippen LogP contribution in [0, 0.1) is 10.1 Å². The molecule has 1 amide bonds. The molecule has 2 aromatic heterocycles. The van der Waals surface area contributed by atoms with Gasteiger partial charge in [-0.15, -0.1) is 0 Å². The van der Waals surface area contributed by atoms with Gasteiger partial charge in [-0.3, -0.25) is 19.9 Å². The Balaban J connectivity index is 1.69. The van der Waals surface area contributed by atoms with E-state index in [2.05, 4.69) is 20.6 Å². The number of hydrogen-bond donors (Lipinski definition) is 2.